The first-order chi connectivity index (χ1) is 5.58. The molecule has 68 valence electrons. The van der Waals surface area contributed by atoms with Crippen LogP contribution in [-0.2, 0) is 0 Å². The largest absolute Gasteiger partial charge is 0.313 e. The van der Waals surface area contributed by atoms with Gasteiger partial charge in [-0.05, 0) is 40.2 Å². The fourth-order valence-corrected chi connectivity index (χ4v) is 1.37. The van der Waals surface area contributed by atoms with E-state index in [0.717, 1.165) is 6.42 Å². The molecule has 0 amide bonds. The van der Waals surface area contributed by atoms with Gasteiger partial charge < -0.3 is 5.32 Å². The van der Waals surface area contributed by atoms with Crippen LogP contribution in [0.2, 0.25) is 0 Å². The molecule has 0 radical (unpaired) electrons. The van der Waals surface area contributed by atoms with E-state index in [1.165, 1.54) is 19.4 Å². The summed E-state index contributed by atoms with van der Waals surface area (Å²) in [7, 11) is 0. The predicted molar refractivity (Wildman–Crippen MR) is 52.9 cm³/mol. The first-order valence-electron chi connectivity index (χ1n) is 4.81. The Hall–Kier alpha value is -0.480. The quantitative estimate of drug-likeness (QED) is 0.587. The molecule has 1 rings (SSSR count). The van der Waals surface area contributed by atoms with Crippen molar-refractivity contribution in [2.45, 2.75) is 46.1 Å². The summed E-state index contributed by atoms with van der Waals surface area (Å²) in [6.07, 6.45) is 3.65. The summed E-state index contributed by atoms with van der Waals surface area (Å²) in [5, 5.41) is 3.44. The molecule has 1 heteroatoms. The van der Waals surface area contributed by atoms with Crippen molar-refractivity contribution >= 4 is 0 Å². The van der Waals surface area contributed by atoms with E-state index < -0.39 is 0 Å². The summed E-state index contributed by atoms with van der Waals surface area (Å²) in [5.74, 6) is 6.51. The number of rotatable bonds is 1. The summed E-state index contributed by atoms with van der Waals surface area (Å²) in [6.45, 7) is 7.65. The molecular weight excluding hydrogens is 146 g/mol. The fraction of sp³-hybridized carbons (Fsp3) is 0.818. The van der Waals surface area contributed by atoms with Gasteiger partial charge in [0.25, 0.3) is 0 Å². The van der Waals surface area contributed by atoms with Crippen LogP contribution in [0.3, 0.4) is 0 Å². The maximum atomic E-state index is 3.44. The SMILES string of the molecule is CC(C)(C)C#CCC1CCCN1. The van der Waals surface area contributed by atoms with Crippen molar-refractivity contribution in [2.24, 2.45) is 5.41 Å². The molecule has 1 fully saturated rings. The molecule has 1 saturated heterocycles. The molecule has 0 aromatic heterocycles. The van der Waals surface area contributed by atoms with Crippen LogP contribution >= 0.6 is 0 Å². The molecule has 0 spiro atoms. The van der Waals surface area contributed by atoms with Crippen LogP contribution in [0.15, 0.2) is 0 Å². The van der Waals surface area contributed by atoms with Crippen molar-refractivity contribution in [3.63, 3.8) is 0 Å². The minimum Gasteiger partial charge on any atom is -0.313 e. The Morgan fingerprint density at radius 1 is 1.42 bits per heavy atom. The average molecular weight is 165 g/mol. The normalized spacial score (nSPS) is 23.4. The minimum absolute atomic E-state index is 0.165. The van der Waals surface area contributed by atoms with Gasteiger partial charge in [-0.25, -0.2) is 0 Å². The Morgan fingerprint density at radius 3 is 2.67 bits per heavy atom. The minimum atomic E-state index is 0.165. The van der Waals surface area contributed by atoms with Gasteiger partial charge in [0.1, 0.15) is 0 Å². The van der Waals surface area contributed by atoms with Gasteiger partial charge >= 0.3 is 0 Å². The molecule has 1 heterocycles. The summed E-state index contributed by atoms with van der Waals surface area (Å²) < 4.78 is 0. The highest BCUT2D eigenvalue weighted by atomic mass is 14.9. The van der Waals surface area contributed by atoms with Crippen molar-refractivity contribution in [3.8, 4) is 11.8 Å². The zero-order chi connectivity index (χ0) is 9.03. The molecule has 0 saturated carbocycles. The molecule has 0 bridgehead atoms. The van der Waals surface area contributed by atoms with Gasteiger partial charge in [-0.2, -0.15) is 0 Å². The second kappa shape index (κ2) is 3.96. The number of hydrogen-bond acceptors (Lipinski definition) is 1. The lowest BCUT2D eigenvalue weighted by Crippen LogP contribution is -2.20. The Labute approximate surface area is 75.9 Å². The topological polar surface area (TPSA) is 12.0 Å². The van der Waals surface area contributed by atoms with Gasteiger partial charge in [-0.1, -0.05) is 5.92 Å². The van der Waals surface area contributed by atoms with Gasteiger partial charge in [0.15, 0.2) is 0 Å². The maximum absolute atomic E-state index is 3.44. The van der Waals surface area contributed by atoms with Crippen molar-refractivity contribution in [1.82, 2.24) is 5.32 Å². The molecule has 12 heavy (non-hydrogen) atoms. The molecule has 1 unspecified atom stereocenters. The van der Waals surface area contributed by atoms with E-state index in [0.29, 0.717) is 6.04 Å². The van der Waals surface area contributed by atoms with Crippen LogP contribution in [0, 0.1) is 17.3 Å². The standard InChI is InChI=1S/C11H19N/c1-11(2,3)8-4-6-10-7-5-9-12-10/h10,12H,5-7,9H2,1-3H3. The molecule has 0 aromatic rings. The molecule has 1 nitrogen and oxygen atoms in total. The highest BCUT2D eigenvalue weighted by molar-refractivity contribution is 5.08. The first kappa shape index (κ1) is 9.61. The molecule has 0 aliphatic carbocycles. The Balaban J connectivity index is 2.26. The van der Waals surface area contributed by atoms with E-state index in [2.05, 4.69) is 37.9 Å². The number of nitrogens with one attached hydrogen (secondary N) is 1. The zero-order valence-corrected chi connectivity index (χ0v) is 8.41. The highest BCUT2D eigenvalue weighted by Crippen LogP contribution is 2.11. The molecule has 1 aliphatic heterocycles. The fourth-order valence-electron chi connectivity index (χ4n) is 1.37. The molecule has 0 aromatic carbocycles. The van der Waals surface area contributed by atoms with E-state index in [9.17, 15) is 0 Å². The number of hydrogen-bond donors (Lipinski definition) is 1. The third-order valence-electron chi connectivity index (χ3n) is 1.97. The lowest BCUT2D eigenvalue weighted by atomic mass is 9.97. The average Bonchev–Trinajstić information content (AvgIpc) is 2.36. The summed E-state index contributed by atoms with van der Waals surface area (Å²) in [4.78, 5) is 0. The van der Waals surface area contributed by atoms with Crippen LogP contribution in [0.4, 0.5) is 0 Å². The van der Waals surface area contributed by atoms with E-state index in [1.807, 2.05) is 0 Å². The molecule has 1 N–H and O–H groups in total. The van der Waals surface area contributed by atoms with Gasteiger partial charge in [-0.15, -0.1) is 5.92 Å². The Morgan fingerprint density at radius 2 is 2.17 bits per heavy atom. The summed E-state index contributed by atoms with van der Waals surface area (Å²) in [6, 6.07) is 0.667. The second-order valence-corrected chi connectivity index (χ2v) is 4.55. The van der Waals surface area contributed by atoms with Crippen molar-refractivity contribution in [1.29, 1.82) is 0 Å². The van der Waals surface area contributed by atoms with E-state index >= 15 is 0 Å². The smallest absolute Gasteiger partial charge is 0.0243 e. The first-order valence-corrected chi connectivity index (χ1v) is 4.81. The van der Waals surface area contributed by atoms with Crippen LogP contribution in [-0.4, -0.2) is 12.6 Å². The third-order valence-corrected chi connectivity index (χ3v) is 1.97. The Bertz CT molecular complexity index is 183. The van der Waals surface area contributed by atoms with Gasteiger partial charge in [-0.3, -0.25) is 0 Å². The van der Waals surface area contributed by atoms with Crippen LogP contribution in [0.1, 0.15) is 40.0 Å². The van der Waals surface area contributed by atoms with Crippen molar-refractivity contribution in [2.75, 3.05) is 6.54 Å². The Kier molecular flexibility index (Phi) is 3.17. The van der Waals surface area contributed by atoms with Crippen molar-refractivity contribution < 1.29 is 0 Å². The van der Waals surface area contributed by atoms with Crippen LogP contribution in [0.5, 0.6) is 0 Å². The monoisotopic (exact) mass is 165 g/mol. The lowest BCUT2D eigenvalue weighted by molar-refractivity contribution is 0.567. The van der Waals surface area contributed by atoms with Gasteiger partial charge in [0.2, 0.25) is 0 Å². The third kappa shape index (κ3) is 3.78. The maximum Gasteiger partial charge on any atom is 0.0243 e. The molecular formula is C11H19N. The predicted octanol–water partition coefficient (Wildman–Crippen LogP) is 2.18. The van der Waals surface area contributed by atoms with Gasteiger partial charge in [0.05, 0.1) is 0 Å². The van der Waals surface area contributed by atoms with Crippen LogP contribution in [0.25, 0.3) is 0 Å². The lowest BCUT2D eigenvalue weighted by Gasteiger charge is -2.08. The van der Waals surface area contributed by atoms with E-state index in [4.69, 9.17) is 0 Å². The van der Waals surface area contributed by atoms with E-state index in [1.54, 1.807) is 0 Å². The molecule has 1 atom stereocenters. The van der Waals surface area contributed by atoms with Crippen molar-refractivity contribution in [3.05, 3.63) is 0 Å². The highest BCUT2D eigenvalue weighted by Gasteiger charge is 2.12. The molecule has 1 aliphatic rings. The van der Waals surface area contributed by atoms with Gasteiger partial charge in [0, 0.05) is 17.9 Å². The summed E-state index contributed by atoms with van der Waals surface area (Å²) >= 11 is 0. The zero-order valence-electron chi connectivity index (χ0n) is 8.41. The second-order valence-electron chi connectivity index (χ2n) is 4.55. The summed E-state index contributed by atoms with van der Waals surface area (Å²) in [5.41, 5.74) is 0.165. The van der Waals surface area contributed by atoms with Crippen LogP contribution < -0.4 is 5.32 Å². The van der Waals surface area contributed by atoms with E-state index in [-0.39, 0.29) is 5.41 Å².